The first kappa shape index (κ1) is 11.0. The van der Waals surface area contributed by atoms with Gasteiger partial charge in [-0.2, -0.15) is 0 Å². The summed E-state index contributed by atoms with van der Waals surface area (Å²) in [6, 6.07) is 11.1. The van der Waals surface area contributed by atoms with Crippen LogP contribution >= 0.6 is 11.3 Å². The van der Waals surface area contributed by atoms with Crippen molar-refractivity contribution < 1.29 is 0 Å². The van der Waals surface area contributed by atoms with Gasteiger partial charge in [-0.15, -0.1) is 5.10 Å². The smallest absolute Gasteiger partial charge is 0.214 e. The van der Waals surface area contributed by atoms with Crippen molar-refractivity contribution in [2.24, 2.45) is 0 Å². The first-order valence-electron chi connectivity index (χ1n) is 6.46. The van der Waals surface area contributed by atoms with Crippen LogP contribution in [0.3, 0.4) is 0 Å². The third-order valence-corrected chi connectivity index (χ3v) is 4.56. The second kappa shape index (κ2) is 4.06. The monoisotopic (exact) mass is 270 g/mol. The van der Waals surface area contributed by atoms with Crippen LogP contribution in [0.1, 0.15) is 23.7 Å². The zero-order chi connectivity index (χ0) is 12.8. The molecule has 1 aliphatic heterocycles. The molecule has 1 saturated heterocycles. The molecule has 0 saturated carbocycles. The summed E-state index contributed by atoms with van der Waals surface area (Å²) in [7, 11) is 0. The average Bonchev–Trinajstić information content (AvgIpc) is 2.86. The van der Waals surface area contributed by atoms with Gasteiger partial charge in [-0.05, 0) is 18.9 Å². The van der Waals surface area contributed by atoms with Crippen molar-refractivity contribution in [1.29, 1.82) is 0 Å². The van der Waals surface area contributed by atoms with E-state index in [0.717, 1.165) is 22.3 Å². The molecule has 4 nitrogen and oxygen atoms in total. The van der Waals surface area contributed by atoms with Crippen LogP contribution in [0.4, 0.5) is 5.13 Å². The Morgan fingerprint density at radius 2 is 2.11 bits per heavy atom. The van der Waals surface area contributed by atoms with Gasteiger partial charge in [-0.1, -0.05) is 41.7 Å². The largest absolute Gasteiger partial charge is 0.339 e. The summed E-state index contributed by atoms with van der Waals surface area (Å²) >= 11 is 1.67. The quantitative estimate of drug-likeness (QED) is 0.717. The van der Waals surface area contributed by atoms with E-state index in [1.807, 2.05) is 17.6 Å². The summed E-state index contributed by atoms with van der Waals surface area (Å²) in [5, 5.41) is 5.70. The molecule has 1 atom stereocenters. The molecule has 0 amide bonds. The summed E-state index contributed by atoms with van der Waals surface area (Å²) < 4.78 is 1.88. The third kappa shape index (κ3) is 1.73. The van der Waals surface area contributed by atoms with Gasteiger partial charge in [-0.3, -0.25) is 0 Å². The fourth-order valence-electron chi connectivity index (χ4n) is 2.55. The zero-order valence-electron chi connectivity index (χ0n) is 10.7. The number of anilines is 1. The van der Waals surface area contributed by atoms with Crippen molar-refractivity contribution in [2.45, 2.75) is 19.4 Å². The van der Waals surface area contributed by atoms with E-state index in [1.54, 1.807) is 11.3 Å². The maximum absolute atomic E-state index is 4.63. The summed E-state index contributed by atoms with van der Waals surface area (Å²) in [5.41, 5.74) is 2.39. The van der Waals surface area contributed by atoms with Gasteiger partial charge in [0.2, 0.25) is 10.1 Å². The topological polar surface area (TPSA) is 33.4 Å². The van der Waals surface area contributed by atoms with E-state index in [2.05, 4.69) is 45.3 Å². The van der Waals surface area contributed by atoms with Gasteiger partial charge in [0.15, 0.2) is 0 Å². The molecular formula is C14H14N4S. The Hall–Kier alpha value is -1.88. The van der Waals surface area contributed by atoms with E-state index in [0.29, 0.717) is 6.04 Å². The molecule has 3 aromatic rings. The predicted octanol–water partition coefficient (Wildman–Crippen LogP) is 3.05. The van der Waals surface area contributed by atoms with E-state index in [4.69, 9.17) is 0 Å². The average molecular weight is 270 g/mol. The van der Waals surface area contributed by atoms with Crippen LogP contribution in [0.2, 0.25) is 0 Å². The van der Waals surface area contributed by atoms with E-state index in [-0.39, 0.29) is 0 Å². The third-order valence-electron chi connectivity index (χ3n) is 3.60. The Kier molecular flexibility index (Phi) is 2.35. The van der Waals surface area contributed by atoms with Crippen LogP contribution in [0.5, 0.6) is 0 Å². The number of hydrogen-bond acceptors (Lipinski definition) is 4. The lowest BCUT2D eigenvalue weighted by molar-refractivity contribution is 0.463. The van der Waals surface area contributed by atoms with Crippen molar-refractivity contribution in [3.8, 4) is 0 Å². The highest BCUT2D eigenvalue weighted by atomic mass is 32.1. The first-order valence-corrected chi connectivity index (χ1v) is 7.27. The van der Waals surface area contributed by atoms with Crippen molar-refractivity contribution in [2.75, 3.05) is 11.4 Å². The SMILES string of the molecule is Cc1cn2nc(N3CC[C@@H]3c3ccccc3)sc2n1. The maximum Gasteiger partial charge on any atom is 0.214 e. The number of hydrogen-bond donors (Lipinski definition) is 0. The molecule has 0 N–H and O–H groups in total. The fraction of sp³-hybridized carbons (Fsp3) is 0.286. The summed E-state index contributed by atoms with van der Waals surface area (Å²) in [5.74, 6) is 0. The second-order valence-corrected chi connectivity index (χ2v) is 5.84. The molecule has 2 aromatic heterocycles. The Labute approximate surface area is 115 Å². The number of aromatic nitrogens is 3. The molecule has 0 unspecified atom stereocenters. The van der Waals surface area contributed by atoms with Gasteiger partial charge >= 0.3 is 0 Å². The van der Waals surface area contributed by atoms with E-state index < -0.39 is 0 Å². The van der Waals surface area contributed by atoms with Gasteiger partial charge in [-0.25, -0.2) is 9.50 Å². The minimum Gasteiger partial charge on any atom is -0.339 e. The molecule has 0 spiro atoms. The lowest BCUT2D eigenvalue weighted by Gasteiger charge is -2.40. The normalized spacial score (nSPS) is 18.8. The molecule has 19 heavy (non-hydrogen) atoms. The van der Waals surface area contributed by atoms with Gasteiger partial charge in [0.05, 0.1) is 17.9 Å². The van der Waals surface area contributed by atoms with Gasteiger partial charge < -0.3 is 4.90 Å². The fourth-order valence-corrected chi connectivity index (χ4v) is 3.56. The van der Waals surface area contributed by atoms with Crippen LogP contribution in [-0.2, 0) is 0 Å². The van der Waals surface area contributed by atoms with Gasteiger partial charge in [0.25, 0.3) is 0 Å². The highest BCUT2D eigenvalue weighted by Gasteiger charge is 2.31. The molecule has 4 rings (SSSR count). The first-order chi connectivity index (χ1) is 9.31. The molecule has 1 fully saturated rings. The van der Waals surface area contributed by atoms with Gasteiger partial charge in [0, 0.05) is 6.54 Å². The Balaban J connectivity index is 1.67. The minimum atomic E-state index is 0.471. The Morgan fingerprint density at radius 1 is 1.26 bits per heavy atom. The van der Waals surface area contributed by atoms with Crippen molar-refractivity contribution >= 4 is 21.4 Å². The van der Waals surface area contributed by atoms with Crippen molar-refractivity contribution in [3.63, 3.8) is 0 Å². The number of imidazole rings is 1. The summed E-state index contributed by atoms with van der Waals surface area (Å²) in [6.07, 6.45) is 3.18. The second-order valence-electron chi connectivity index (χ2n) is 4.90. The van der Waals surface area contributed by atoms with Crippen LogP contribution in [0.25, 0.3) is 4.96 Å². The predicted molar refractivity (Wildman–Crippen MR) is 76.7 cm³/mol. The van der Waals surface area contributed by atoms with E-state index >= 15 is 0 Å². The molecule has 0 bridgehead atoms. The molecule has 5 heteroatoms. The molecular weight excluding hydrogens is 256 g/mol. The summed E-state index contributed by atoms with van der Waals surface area (Å²) in [6.45, 7) is 3.08. The number of benzene rings is 1. The Bertz CT molecular complexity index is 684. The highest BCUT2D eigenvalue weighted by molar-refractivity contribution is 7.20. The number of nitrogens with zero attached hydrogens (tertiary/aromatic N) is 4. The molecule has 3 heterocycles. The Morgan fingerprint density at radius 3 is 2.79 bits per heavy atom. The molecule has 0 aliphatic carbocycles. The van der Waals surface area contributed by atoms with Crippen LogP contribution in [-0.4, -0.2) is 21.1 Å². The lowest BCUT2D eigenvalue weighted by Crippen LogP contribution is -2.40. The van der Waals surface area contributed by atoms with Gasteiger partial charge in [0.1, 0.15) is 0 Å². The molecule has 1 aromatic carbocycles. The molecule has 96 valence electrons. The van der Waals surface area contributed by atoms with E-state index in [9.17, 15) is 0 Å². The summed E-state index contributed by atoms with van der Waals surface area (Å²) in [4.78, 5) is 7.81. The zero-order valence-corrected chi connectivity index (χ0v) is 11.5. The molecule has 1 aliphatic rings. The van der Waals surface area contributed by atoms with Crippen LogP contribution in [0, 0.1) is 6.92 Å². The number of aryl methyl sites for hydroxylation is 1. The number of rotatable bonds is 2. The van der Waals surface area contributed by atoms with Crippen molar-refractivity contribution in [1.82, 2.24) is 14.6 Å². The lowest BCUT2D eigenvalue weighted by atomic mass is 9.96. The number of fused-ring (bicyclic) bond motifs is 1. The van der Waals surface area contributed by atoms with Crippen LogP contribution < -0.4 is 4.90 Å². The highest BCUT2D eigenvalue weighted by Crippen LogP contribution is 2.39. The van der Waals surface area contributed by atoms with E-state index in [1.165, 1.54) is 12.0 Å². The standard InChI is InChI=1S/C14H14N4S/c1-10-9-18-13(15-10)19-14(16-18)17-8-7-12(17)11-5-3-2-4-6-11/h2-6,9,12H,7-8H2,1H3/t12-/m1/s1. The maximum atomic E-state index is 4.63. The minimum absolute atomic E-state index is 0.471. The van der Waals surface area contributed by atoms with Crippen LogP contribution in [0.15, 0.2) is 36.5 Å². The van der Waals surface area contributed by atoms with Crippen molar-refractivity contribution in [3.05, 3.63) is 47.8 Å². The molecule has 0 radical (unpaired) electrons.